The summed E-state index contributed by atoms with van der Waals surface area (Å²) in [6, 6.07) is 5.20. The van der Waals surface area contributed by atoms with E-state index in [4.69, 9.17) is 0 Å². The van der Waals surface area contributed by atoms with Crippen LogP contribution in [0.15, 0.2) is 29.2 Å². The third-order valence-corrected chi connectivity index (χ3v) is 3.72. The normalized spacial score (nSPS) is 11.9. The van der Waals surface area contributed by atoms with Gasteiger partial charge in [0.25, 0.3) is 0 Å². The Kier molecular flexibility index (Phi) is 5.60. The van der Waals surface area contributed by atoms with Gasteiger partial charge in [0.05, 0.1) is 4.90 Å². The SMILES string of the molecule is Cc1ccc(S(=O)(=O)OS(=O)(=O)[O-])cc1.[HH].[Na+]. The molecule has 0 N–H and O–H groups in total. The zero-order valence-corrected chi connectivity index (χ0v) is 12.2. The molecular formula is C7H9NaO6S2. The minimum atomic E-state index is -5.28. The van der Waals surface area contributed by atoms with Crippen LogP contribution in [0.3, 0.4) is 0 Å². The van der Waals surface area contributed by atoms with Gasteiger partial charge in [0.1, 0.15) is 0 Å². The summed E-state index contributed by atoms with van der Waals surface area (Å²) < 4.78 is 56.1. The van der Waals surface area contributed by atoms with Crippen molar-refractivity contribution in [3.8, 4) is 0 Å². The maximum Gasteiger partial charge on any atom is 1.00 e. The van der Waals surface area contributed by atoms with Crippen LogP contribution in [0.2, 0.25) is 0 Å². The third kappa shape index (κ3) is 4.91. The predicted octanol–water partition coefficient (Wildman–Crippen LogP) is -2.59. The summed E-state index contributed by atoms with van der Waals surface area (Å²) in [5, 5.41) is 0. The van der Waals surface area contributed by atoms with Crippen LogP contribution < -0.4 is 29.6 Å². The van der Waals surface area contributed by atoms with Crippen LogP contribution in [0.25, 0.3) is 0 Å². The molecule has 0 spiro atoms. The minimum Gasteiger partial charge on any atom is -0.725 e. The van der Waals surface area contributed by atoms with Gasteiger partial charge >= 0.3 is 39.7 Å². The molecule has 0 fully saturated rings. The van der Waals surface area contributed by atoms with Crippen molar-refractivity contribution < 1.29 is 56.0 Å². The quantitative estimate of drug-likeness (QED) is 0.341. The summed E-state index contributed by atoms with van der Waals surface area (Å²) in [5.41, 5.74) is 0.791. The van der Waals surface area contributed by atoms with Gasteiger partial charge in [0, 0.05) is 1.43 Å². The topological polar surface area (TPSA) is 101 Å². The summed E-state index contributed by atoms with van der Waals surface area (Å²) in [7, 11) is -9.81. The molecule has 0 unspecified atom stereocenters. The molecule has 1 aromatic carbocycles. The van der Waals surface area contributed by atoms with Crippen LogP contribution in [0.1, 0.15) is 6.99 Å². The fourth-order valence-corrected chi connectivity index (χ4v) is 2.52. The Balaban J connectivity index is 0. The number of hydrogen-bond donors (Lipinski definition) is 0. The fraction of sp³-hybridized carbons (Fsp3) is 0.143. The molecule has 0 aromatic heterocycles. The molecule has 16 heavy (non-hydrogen) atoms. The van der Waals surface area contributed by atoms with Crippen molar-refractivity contribution in [3.63, 3.8) is 0 Å². The van der Waals surface area contributed by atoms with Crippen molar-refractivity contribution in [3.05, 3.63) is 29.8 Å². The van der Waals surface area contributed by atoms with Crippen LogP contribution in [0.5, 0.6) is 0 Å². The van der Waals surface area contributed by atoms with E-state index in [-0.39, 0.29) is 35.9 Å². The molecule has 0 saturated carbocycles. The van der Waals surface area contributed by atoms with E-state index in [2.05, 4.69) is 3.63 Å². The zero-order valence-electron chi connectivity index (χ0n) is 8.58. The van der Waals surface area contributed by atoms with Crippen molar-refractivity contribution in [1.29, 1.82) is 0 Å². The second kappa shape index (κ2) is 5.58. The van der Waals surface area contributed by atoms with Crippen molar-refractivity contribution in [2.24, 2.45) is 0 Å². The second-order valence-electron chi connectivity index (χ2n) is 2.74. The molecule has 9 heteroatoms. The minimum absolute atomic E-state index is 0. The Morgan fingerprint density at radius 3 is 1.94 bits per heavy atom. The number of benzene rings is 1. The average Bonchev–Trinajstić information content (AvgIpc) is 2.00. The van der Waals surface area contributed by atoms with Crippen LogP contribution in [-0.4, -0.2) is 21.4 Å². The van der Waals surface area contributed by atoms with E-state index >= 15 is 0 Å². The van der Waals surface area contributed by atoms with Gasteiger partial charge in [-0.3, -0.25) is 0 Å². The summed E-state index contributed by atoms with van der Waals surface area (Å²) >= 11 is 0. The molecule has 0 amide bonds. The molecule has 0 aliphatic carbocycles. The van der Waals surface area contributed by atoms with Gasteiger partial charge in [-0.1, -0.05) is 17.7 Å². The molecule has 0 aliphatic heterocycles. The first kappa shape index (κ1) is 16.0. The largest absolute Gasteiger partial charge is 1.00 e. The molecule has 86 valence electrons. The molecule has 0 atom stereocenters. The molecule has 0 bridgehead atoms. The summed E-state index contributed by atoms with van der Waals surface area (Å²) in [6.07, 6.45) is 0. The van der Waals surface area contributed by atoms with Crippen molar-refractivity contribution >= 4 is 20.5 Å². The second-order valence-corrected chi connectivity index (χ2v) is 5.48. The molecular weight excluding hydrogens is 267 g/mol. The van der Waals surface area contributed by atoms with E-state index in [0.717, 1.165) is 17.7 Å². The van der Waals surface area contributed by atoms with Gasteiger partial charge in [0.2, 0.25) is 10.4 Å². The average molecular weight is 276 g/mol. The first-order valence-corrected chi connectivity index (χ1v) is 6.43. The van der Waals surface area contributed by atoms with Gasteiger partial charge in [-0.2, -0.15) is 12.0 Å². The molecule has 1 rings (SSSR count). The fourth-order valence-electron chi connectivity index (χ4n) is 0.854. The smallest absolute Gasteiger partial charge is 0.725 e. The maximum atomic E-state index is 11.2. The number of aryl methyl sites for hydroxylation is 1. The molecule has 0 heterocycles. The standard InChI is InChI=1S/C7H8O6S2.Na.H2/c1-6-2-4-7(5-3-6)14(8,9)13-15(10,11)12;;/h2-5H,1H3,(H,10,11,12);;1H/q;+1;/p-1. The molecule has 6 nitrogen and oxygen atoms in total. The summed E-state index contributed by atoms with van der Waals surface area (Å²) in [5.74, 6) is 0. The predicted molar refractivity (Wildman–Crippen MR) is 51.3 cm³/mol. The summed E-state index contributed by atoms with van der Waals surface area (Å²) in [4.78, 5) is -0.382. The Hall–Kier alpha value is 0.0400. The first-order valence-electron chi connectivity index (χ1n) is 3.69. The summed E-state index contributed by atoms with van der Waals surface area (Å²) in [6.45, 7) is 1.72. The van der Waals surface area contributed by atoms with Crippen LogP contribution in [0.4, 0.5) is 0 Å². The molecule has 0 radical (unpaired) electrons. The molecule has 0 aliphatic rings. The van der Waals surface area contributed by atoms with Crippen molar-refractivity contribution in [2.45, 2.75) is 11.8 Å². The van der Waals surface area contributed by atoms with Crippen molar-refractivity contribution in [1.82, 2.24) is 0 Å². The van der Waals surface area contributed by atoms with E-state index in [0.29, 0.717) is 0 Å². The van der Waals surface area contributed by atoms with E-state index in [1.54, 1.807) is 6.92 Å². The monoisotopic (exact) mass is 276 g/mol. The Morgan fingerprint density at radius 1 is 1.12 bits per heavy atom. The zero-order chi connectivity index (χ0) is 11.7. The first-order chi connectivity index (χ1) is 6.71. The van der Waals surface area contributed by atoms with E-state index < -0.39 is 20.5 Å². The Labute approximate surface area is 117 Å². The van der Waals surface area contributed by atoms with Crippen LogP contribution in [-0.2, 0) is 24.1 Å². The Morgan fingerprint density at radius 2 is 1.56 bits per heavy atom. The van der Waals surface area contributed by atoms with Crippen LogP contribution >= 0.6 is 0 Å². The van der Waals surface area contributed by atoms with Gasteiger partial charge in [0.15, 0.2) is 0 Å². The van der Waals surface area contributed by atoms with Gasteiger partial charge < -0.3 is 4.55 Å². The number of hydrogen-bond acceptors (Lipinski definition) is 6. The maximum absolute atomic E-state index is 11.2. The van der Waals surface area contributed by atoms with Gasteiger partial charge in [-0.15, -0.1) is 0 Å². The Bertz CT molecular complexity index is 551. The van der Waals surface area contributed by atoms with E-state index in [1.807, 2.05) is 0 Å². The van der Waals surface area contributed by atoms with Crippen molar-refractivity contribution in [2.75, 3.05) is 0 Å². The third-order valence-electron chi connectivity index (χ3n) is 1.48. The van der Waals surface area contributed by atoms with Crippen LogP contribution in [0, 0.1) is 6.92 Å². The van der Waals surface area contributed by atoms with E-state index in [9.17, 15) is 21.4 Å². The molecule has 0 saturated heterocycles. The van der Waals surface area contributed by atoms with Gasteiger partial charge in [-0.25, -0.2) is 8.42 Å². The van der Waals surface area contributed by atoms with Gasteiger partial charge in [-0.05, 0) is 19.1 Å². The number of rotatable bonds is 3. The molecule has 1 aromatic rings. The van der Waals surface area contributed by atoms with E-state index in [1.165, 1.54) is 12.1 Å².